The first-order chi connectivity index (χ1) is 7.60. The molecule has 0 saturated heterocycles. The summed E-state index contributed by atoms with van der Waals surface area (Å²) in [6.45, 7) is 4.14. The largest absolute Gasteiger partial charge is 0.469 e. The Morgan fingerprint density at radius 2 is 1.75 bits per heavy atom. The molecule has 1 N–H and O–H groups in total. The van der Waals surface area contributed by atoms with E-state index in [2.05, 4.69) is 10.8 Å². The molecule has 0 fully saturated rings. The summed E-state index contributed by atoms with van der Waals surface area (Å²) < 4.78 is 4.57. The van der Waals surface area contributed by atoms with Crippen LogP contribution in [-0.4, -0.2) is 24.8 Å². The van der Waals surface area contributed by atoms with Crippen LogP contribution >= 0.6 is 0 Å². The SMILES string of the molecule is COC(=O)CC/C(C)=C/CC/C(C)=C/CO. The molecule has 0 unspecified atom stereocenters. The number of hydrogen-bond donors (Lipinski definition) is 1. The molecule has 0 aliphatic carbocycles. The molecule has 0 rings (SSSR count). The molecule has 92 valence electrons. The van der Waals surface area contributed by atoms with Crippen LogP contribution in [-0.2, 0) is 9.53 Å². The van der Waals surface area contributed by atoms with E-state index in [1.165, 1.54) is 18.3 Å². The summed E-state index contributed by atoms with van der Waals surface area (Å²) >= 11 is 0. The number of aliphatic hydroxyl groups is 1. The fraction of sp³-hybridized carbons (Fsp3) is 0.615. The topological polar surface area (TPSA) is 46.5 Å². The van der Waals surface area contributed by atoms with E-state index >= 15 is 0 Å². The number of methoxy groups -OCH3 is 1. The number of aliphatic hydroxyl groups excluding tert-OH is 1. The van der Waals surface area contributed by atoms with Crippen molar-refractivity contribution in [3.8, 4) is 0 Å². The van der Waals surface area contributed by atoms with Crippen molar-refractivity contribution in [1.82, 2.24) is 0 Å². The van der Waals surface area contributed by atoms with E-state index in [1.54, 1.807) is 0 Å². The third-order valence-electron chi connectivity index (χ3n) is 2.42. The smallest absolute Gasteiger partial charge is 0.305 e. The van der Waals surface area contributed by atoms with E-state index in [0.717, 1.165) is 19.3 Å². The number of allylic oxidation sites excluding steroid dienone is 3. The average Bonchev–Trinajstić information content (AvgIpc) is 2.26. The van der Waals surface area contributed by atoms with Gasteiger partial charge in [-0.3, -0.25) is 4.79 Å². The van der Waals surface area contributed by atoms with Crippen LogP contribution in [0.25, 0.3) is 0 Å². The maximum atomic E-state index is 10.9. The molecule has 3 heteroatoms. The second kappa shape index (κ2) is 9.16. The number of ether oxygens (including phenoxy) is 1. The van der Waals surface area contributed by atoms with Gasteiger partial charge in [-0.15, -0.1) is 0 Å². The first-order valence-electron chi connectivity index (χ1n) is 5.59. The zero-order chi connectivity index (χ0) is 12.4. The predicted molar refractivity (Wildman–Crippen MR) is 65.1 cm³/mol. The molecule has 0 aliphatic heterocycles. The molecule has 0 aliphatic rings. The summed E-state index contributed by atoms with van der Waals surface area (Å²) in [5.41, 5.74) is 2.40. The molecule has 0 bridgehead atoms. The summed E-state index contributed by atoms with van der Waals surface area (Å²) in [6, 6.07) is 0. The second-order valence-electron chi connectivity index (χ2n) is 3.90. The van der Waals surface area contributed by atoms with Crippen LogP contribution in [0.2, 0.25) is 0 Å². The Kier molecular flexibility index (Phi) is 8.53. The van der Waals surface area contributed by atoms with Crippen LogP contribution in [0.3, 0.4) is 0 Å². The lowest BCUT2D eigenvalue weighted by Gasteiger charge is -2.01. The van der Waals surface area contributed by atoms with Crippen molar-refractivity contribution >= 4 is 5.97 Å². The predicted octanol–water partition coefficient (Wildman–Crippen LogP) is 2.60. The minimum Gasteiger partial charge on any atom is -0.469 e. The van der Waals surface area contributed by atoms with Gasteiger partial charge >= 0.3 is 5.97 Å². The lowest BCUT2D eigenvalue weighted by atomic mass is 10.1. The van der Waals surface area contributed by atoms with Gasteiger partial charge in [-0.05, 0) is 33.1 Å². The van der Waals surface area contributed by atoms with Crippen LogP contribution in [0.1, 0.15) is 39.5 Å². The van der Waals surface area contributed by atoms with E-state index in [9.17, 15) is 4.79 Å². The first-order valence-corrected chi connectivity index (χ1v) is 5.59. The lowest BCUT2D eigenvalue weighted by Crippen LogP contribution is -1.99. The highest BCUT2D eigenvalue weighted by molar-refractivity contribution is 5.69. The Hall–Kier alpha value is -1.09. The molecule has 0 spiro atoms. The second-order valence-corrected chi connectivity index (χ2v) is 3.90. The zero-order valence-electron chi connectivity index (χ0n) is 10.5. The summed E-state index contributed by atoms with van der Waals surface area (Å²) in [5.74, 6) is -0.163. The van der Waals surface area contributed by atoms with Crippen molar-refractivity contribution in [1.29, 1.82) is 0 Å². The Morgan fingerprint density at radius 3 is 2.31 bits per heavy atom. The van der Waals surface area contributed by atoms with Crippen LogP contribution in [0.4, 0.5) is 0 Å². The van der Waals surface area contributed by atoms with Crippen molar-refractivity contribution in [3.05, 3.63) is 23.3 Å². The van der Waals surface area contributed by atoms with Crippen molar-refractivity contribution in [2.45, 2.75) is 39.5 Å². The molecule has 0 aromatic rings. The number of hydrogen-bond acceptors (Lipinski definition) is 3. The molecule has 0 radical (unpaired) electrons. The van der Waals surface area contributed by atoms with Gasteiger partial charge in [0.2, 0.25) is 0 Å². The maximum Gasteiger partial charge on any atom is 0.305 e. The highest BCUT2D eigenvalue weighted by Crippen LogP contribution is 2.10. The normalized spacial score (nSPS) is 12.8. The Bertz CT molecular complexity index is 264. The lowest BCUT2D eigenvalue weighted by molar-refractivity contribution is -0.140. The number of rotatable bonds is 7. The molecule has 16 heavy (non-hydrogen) atoms. The molecular weight excluding hydrogens is 204 g/mol. The third kappa shape index (κ3) is 8.24. The summed E-state index contributed by atoms with van der Waals surface area (Å²) in [7, 11) is 1.41. The highest BCUT2D eigenvalue weighted by Gasteiger charge is 1.99. The van der Waals surface area contributed by atoms with Gasteiger partial charge in [-0.1, -0.05) is 23.3 Å². The van der Waals surface area contributed by atoms with Gasteiger partial charge in [-0.25, -0.2) is 0 Å². The molecular formula is C13H22O3. The Labute approximate surface area is 97.8 Å². The van der Waals surface area contributed by atoms with Crippen molar-refractivity contribution in [2.75, 3.05) is 13.7 Å². The monoisotopic (exact) mass is 226 g/mol. The van der Waals surface area contributed by atoms with Crippen LogP contribution in [0, 0.1) is 0 Å². The molecule has 0 aromatic heterocycles. The zero-order valence-corrected chi connectivity index (χ0v) is 10.5. The number of esters is 1. The fourth-order valence-corrected chi connectivity index (χ4v) is 1.31. The molecule has 0 amide bonds. The maximum absolute atomic E-state index is 10.9. The Morgan fingerprint density at radius 1 is 1.12 bits per heavy atom. The van der Waals surface area contributed by atoms with Gasteiger partial charge in [0.15, 0.2) is 0 Å². The van der Waals surface area contributed by atoms with Crippen LogP contribution < -0.4 is 0 Å². The molecule has 0 aromatic carbocycles. The van der Waals surface area contributed by atoms with Crippen molar-refractivity contribution in [2.24, 2.45) is 0 Å². The van der Waals surface area contributed by atoms with Gasteiger partial charge in [0, 0.05) is 6.42 Å². The Balaban J connectivity index is 3.79. The average molecular weight is 226 g/mol. The quantitative estimate of drug-likeness (QED) is 0.536. The van der Waals surface area contributed by atoms with E-state index in [1.807, 2.05) is 19.9 Å². The van der Waals surface area contributed by atoms with E-state index in [0.29, 0.717) is 6.42 Å². The van der Waals surface area contributed by atoms with Crippen LogP contribution in [0.5, 0.6) is 0 Å². The molecule has 0 saturated carbocycles. The summed E-state index contributed by atoms with van der Waals surface area (Å²) in [5, 5.41) is 8.67. The number of carbonyl (C=O) groups excluding carboxylic acids is 1. The first kappa shape index (κ1) is 14.9. The van der Waals surface area contributed by atoms with E-state index < -0.39 is 0 Å². The van der Waals surface area contributed by atoms with E-state index in [-0.39, 0.29) is 12.6 Å². The van der Waals surface area contributed by atoms with Gasteiger partial charge in [0.05, 0.1) is 13.7 Å². The van der Waals surface area contributed by atoms with Crippen LogP contribution in [0.15, 0.2) is 23.3 Å². The van der Waals surface area contributed by atoms with Gasteiger partial charge in [0.1, 0.15) is 0 Å². The van der Waals surface area contributed by atoms with Gasteiger partial charge in [-0.2, -0.15) is 0 Å². The standard InChI is InChI=1S/C13H22O3/c1-11(7-8-13(15)16-3)5-4-6-12(2)9-10-14/h5,9,14H,4,6-8,10H2,1-3H3/b11-5+,12-9+. The minimum atomic E-state index is -0.163. The molecule has 0 atom stereocenters. The fourth-order valence-electron chi connectivity index (χ4n) is 1.31. The van der Waals surface area contributed by atoms with E-state index in [4.69, 9.17) is 5.11 Å². The molecule has 3 nitrogen and oxygen atoms in total. The van der Waals surface area contributed by atoms with Crippen molar-refractivity contribution in [3.63, 3.8) is 0 Å². The van der Waals surface area contributed by atoms with Gasteiger partial charge in [0.25, 0.3) is 0 Å². The summed E-state index contributed by atoms with van der Waals surface area (Å²) in [6.07, 6.45) is 7.07. The molecule has 0 heterocycles. The van der Waals surface area contributed by atoms with Gasteiger partial charge < -0.3 is 9.84 Å². The number of carbonyl (C=O) groups is 1. The minimum absolute atomic E-state index is 0.108. The highest BCUT2D eigenvalue weighted by atomic mass is 16.5. The third-order valence-corrected chi connectivity index (χ3v) is 2.42. The summed E-state index contributed by atoms with van der Waals surface area (Å²) in [4.78, 5) is 10.9. The van der Waals surface area contributed by atoms with Crippen molar-refractivity contribution < 1.29 is 14.6 Å².